The van der Waals surface area contributed by atoms with Gasteiger partial charge in [0.05, 0.1) is 0 Å². The molecule has 1 aromatic heterocycles. The summed E-state index contributed by atoms with van der Waals surface area (Å²) in [7, 11) is 0. The van der Waals surface area contributed by atoms with E-state index in [0.717, 1.165) is 37.6 Å². The van der Waals surface area contributed by atoms with E-state index < -0.39 is 0 Å². The van der Waals surface area contributed by atoms with E-state index in [1.807, 2.05) is 6.07 Å². The Hall–Kier alpha value is -1.36. The van der Waals surface area contributed by atoms with Crippen LogP contribution in [0.1, 0.15) is 26.7 Å². The number of hydrogen-bond acceptors (Lipinski definition) is 5. The minimum absolute atomic E-state index is 0.263. The Morgan fingerprint density at radius 1 is 1.56 bits per heavy atom. The van der Waals surface area contributed by atoms with E-state index in [-0.39, 0.29) is 6.61 Å². The van der Waals surface area contributed by atoms with Crippen LogP contribution < -0.4 is 10.2 Å². The van der Waals surface area contributed by atoms with E-state index in [1.165, 1.54) is 0 Å². The minimum atomic E-state index is 0.263. The number of aromatic nitrogens is 2. The van der Waals surface area contributed by atoms with Crippen molar-refractivity contribution in [3.63, 3.8) is 0 Å². The first-order valence-corrected chi connectivity index (χ1v) is 6.67. The molecular weight excluding hydrogens is 228 g/mol. The maximum absolute atomic E-state index is 9.16. The number of nitrogens with zero attached hydrogens (tertiary/aromatic N) is 3. The fourth-order valence-corrected chi connectivity index (χ4v) is 2.14. The summed E-state index contributed by atoms with van der Waals surface area (Å²) in [6, 6.07) is 2.41. The molecule has 18 heavy (non-hydrogen) atoms. The highest BCUT2D eigenvalue weighted by Gasteiger charge is 2.22. The molecule has 2 unspecified atom stereocenters. The molecule has 2 atom stereocenters. The average Bonchev–Trinajstić information content (AvgIpc) is 2.87. The molecule has 0 aromatic carbocycles. The largest absolute Gasteiger partial charge is 0.396 e. The van der Waals surface area contributed by atoms with Gasteiger partial charge in [-0.05, 0) is 19.8 Å². The second-order valence-corrected chi connectivity index (χ2v) is 5.00. The molecule has 1 saturated heterocycles. The molecule has 1 aromatic rings. The second-order valence-electron chi connectivity index (χ2n) is 5.00. The van der Waals surface area contributed by atoms with E-state index in [1.54, 1.807) is 6.33 Å². The van der Waals surface area contributed by atoms with Crippen LogP contribution in [0.3, 0.4) is 0 Å². The molecule has 1 fully saturated rings. The Bertz CT molecular complexity index is 385. The van der Waals surface area contributed by atoms with Crippen molar-refractivity contribution in [2.75, 3.05) is 29.9 Å². The van der Waals surface area contributed by atoms with Gasteiger partial charge in [0.2, 0.25) is 0 Å². The molecule has 5 heteroatoms. The smallest absolute Gasteiger partial charge is 0.134 e. The first-order valence-electron chi connectivity index (χ1n) is 6.67. The molecule has 0 radical (unpaired) electrons. The van der Waals surface area contributed by atoms with Crippen LogP contribution in [0.4, 0.5) is 11.6 Å². The van der Waals surface area contributed by atoms with Crippen molar-refractivity contribution < 1.29 is 5.11 Å². The number of aliphatic hydroxyl groups excluding tert-OH is 1. The van der Waals surface area contributed by atoms with Gasteiger partial charge in [0.25, 0.3) is 0 Å². The third-order valence-electron chi connectivity index (χ3n) is 3.53. The molecule has 0 aliphatic carbocycles. The molecule has 0 amide bonds. The van der Waals surface area contributed by atoms with Gasteiger partial charge < -0.3 is 15.3 Å². The minimum Gasteiger partial charge on any atom is -0.396 e. The predicted molar refractivity (Wildman–Crippen MR) is 72.8 cm³/mol. The molecule has 5 nitrogen and oxygen atoms in total. The van der Waals surface area contributed by atoms with Crippen LogP contribution in [-0.2, 0) is 0 Å². The predicted octanol–water partition coefficient (Wildman–Crippen LogP) is 1.51. The van der Waals surface area contributed by atoms with Crippen LogP contribution in [-0.4, -0.2) is 40.8 Å². The van der Waals surface area contributed by atoms with Crippen LogP contribution in [0.25, 0.3) is 0 Å². The highest BCUT2D eigenvalue weighted by Crippen LogP contribution is 2.23. The Morgan fingerprint density at radius 3 is 3.06 bits per heavy atom. The fraction of sp³-hybridized carbons (Fsp3) is 0.692. The summed E-state index contributed by atoms with van der Waals surface area (Å²) in [6.45, 7) is 6.40. The summed E-state index contributed by atoms with van der Waals surface area (Å²) < 4.78 is 0. The molecule has 2 heterocycles. The lowest BCUT2D eigenvalue weighted by molar-refractivity contribution is 0.238. The van der Waals surface area contributed by atoms with Gasteiger partial charge in [-0.25, -0.2) is 9.97 Å². The molecule has 1 aliphatic rings. The van der Waals surface area contributed by atoms with Crippen molar-refractivity contribution in [1.82, 2.24) is 9.97 Å². The van der Waals surface area contributed by atoms with Crippen LogP contribution in [0.15, 0.2) is 12.4 Å². The Balaban J connectivity index is 2.03. The van der Waals surface area contributed by atoms with Gasteiger partial charge in [-0.15, -0.1) is 0 Å². The Labute approximate surface area is 108 Å². The first kappa shape index (κ1) is 13.1. The van der Waals surface area contributed by atoms with Crippen molar-refractivity contribution in [3.8, 4) is 0 Å². The van der Waals surface area contributed by atoms with Gasteiger partial charge in [-0.1, -0.05) is 6.92 Å². The number of nitrogens with one attached hydrogen (secondary N) is 1. The lowest BCUT2D eigenvalue weighted by atomic mass is 10.1. The fourth-order valence-electron chi connectivity index (χ4n) is 2.14. The maximum Gasteiger partial charge on any atom is 0.134 e. The Morgan fingerprint density at radius 2 is 2.39 bits per heavy atom. The highest BCUT2D eigenvalue weighted by atomic mass is 16.3. The summed E-state index contributed by atoms with van der Waals surface area (Å²) in [5.74, 6) is 2.21. The quantitative estimate of drug-likeness (QED) is 0.829. The second kappa shape index (κ2) is 6.00. The van der Waals surface area contributed by atoms with Gasteiger partial charge in [0.1, 0.15) is 18.0 Å². The van der Waals surface area contributed by atoms with Crippen molar-refractivity contribution in [2.45, 2.75) is 32.7 Å². The van der Waals surface area contributed by atoms with Crippen molar-refractivity contribution in [1.29, 1.82) is 0 Å². The van der Waals surface area contributed by atoms with Crippen LogP contribution >= 0.6 is 0 Å². The number of aliphatic hydroxyl groups is 1. The molecular formula is C13H22N4O. The maximum atomic E-state index is 9.16. The van der Waals surface area contributed by atoms with E-state index >= 15 is 0 Å². The van der Waals surface area contributed by atoms with Gasteiger partial charge in [0, 0.05) is 37.7 Å². The van der Waals surface area contributed by atoms with E-state index in [4.69, 9.17) is 5.11 Å². The van der Waals surface area contributed by atoms with E-state index in [2.05, 4.69) is 34.0 Å². The molecule has 0 bridgehead atoms. The summed E-state index contributed by atoms with van der Waals surface area (Å²) >= 11 is 0. The topological polar surface area (TPSA) is 61.3 Å². The SMILES string of the molecule is CCC(C)Nc1cc(N2CCC(CO)C2)ncn1. The van der Waals surface area contributed by atoms with Crippen molar-refractivity contribution in [3.05, 3.63) is 12.4 Å². The van der Waals surface area contributed by atoms with Gasteiger partial charge in [-0.3, -0.25) is 0 Å². The first-order chi connectivity index (χ1) is 8.72. The number of anilines is 2. The Kier molecular flexibility index (Phi) is 4.36. The summed E-state index contributed by atoms with van der Waals surface area (Å²) in [5, 5.41) is 12.5. The molecule has 2 rings (SSSR count). The van der Waals surface area contributed by atoms with E-state index in [9.17, 15) is 0 Å². The lowest BCUT2D eigenvalue weighted by Gasteiger charge is -2.18. The van der Waals surface area contributed by atoms with E-state index in [0.29, 0.717) is 12.0 Å². The zero-order valence-corrected chi connectivity index (χ0v) is 11.1. The summed E-state index contributed by atoms with van der Waals surface area (Å²) in [6.07, 6.45) is 3.70. The third kappa shape index (κ3) is 3.10. The van der Waals surface area contributed by atoms with Crippen LogP contribution in [0, 0.1) is 5.92 Å². The molecule has 2 N–H and O–H groups in total. The zero-order chi connectivity index (χ0) is 13.0. The lowest BCUT2D eigenvalue weighted by Crippen LogP contribution is -2.22. The highest BCUT2D eigenvalue weighted by molar-refractivity contribution is 5.49. The van der Waals surface area contributed by atoms with Gasteiger partial charge in [-0.2, -0.15) is 0 Å². The van der Waals surface area contributed by atoms with Crippen molar-refractivity contribution in [2.24, 2.45) is 5.92 Å². The molecule has 100 valence electrons. The zero-order valence-electron chi connectivity index (χ0n) is 11.1. The monoisotopic (exact) mass is 250 g/mol. The van der Waals surface area contributed by atoms with Gasteiger partial charge in [0.15, 0.2) is 0 Å². The average molecular weight is 250 g/mol. The van der Waals surface area contributed by atoms with Crippen molar-refractivity contribution >= 4 is 11.6 Å². The molecule has 1 aliphatic heterocycles. The van der Waals surface area contributed by atoms with Crippen LogP contribution in [0.2, 0.25) is 0 Å². The standard InChI is InChI=1S/C13H22N4O/c1-3-10(2)16-12-6-13(15-9-14-12)17-5-4-11(7-17)8-18/h6,9-11,18H,3-5,7-8H2,1-2H3,(H,14,15,16). The number of hydrogen-bond donors (Lipinski definition) is 2. The van der Waals surface area contributed by atoms with Crippen LogP contribution in [0.5, 0.6) is 0 Å². The number of rotatable bonds is 5. The normalized spacial score (nSPS) is 21.1. The molecule has 0 saturated carbocycles. The summed E-state index contributed by atoms with van der Waals surface area (Å²) in [5.41, 5.74) is 0. The summed E-state index contributed by atoms with van der Waals surface area (Å²) in [4.78, 5) is 10.8. The van der Waals surface area contributed by atoms with Gasteiger partial charge >= 0.3 is 0 Å². The third-order valence-corrected chi connectivity index (χ3v) is 3.53. The molecule has 0 spiro atoms.